The molecule has 0 unspecified atom stereocenters. The van der Waals surface area contributed by atoms with E-state index in [4.69, 9.17) is 20.8 Å². The van der Waals surface area contributed by atoms with Crippen LogP contribution in [0.5, 0.6) is 5.75 Å². The molecule has 1 saturated heterocycles. The van der Waals surface area contributed by atoms with Gasteiger partial charge in [-0.05, 0) is 69.3 Å². The summed E-state index contributed by atoms with van der Waals surface area (Å²) in [5.74, 6) is 2.12. The molecule has 2 aromatic heterocycles. The number of rotatable bonds is 7. The lowest BCUT2D eigenvalue weighted by Crippen LogP contribution is -2.38. The van der Waals surface area contributed by atoms with Crippen molar-refractivity contribution in [2.24, 2.45) is 0 Å². The summed E-state index contributed by atoms with van der Waals surface area (Å²) in [5, 5.41) is 4.39. The van der Waals surface area contributed by atoms with Gasteiger partial charge in [-0.1, -0.05) is 11.6 Å². The highest BCUT2D eigenvalue weighted by Crippen LogP contribution is 2.29. The molecule has 1 aliphatic rings. The van der Waals surface area contributed by atoms with E-state index >= 15 is 0 Å². The molecule has 7 heteroatoms. The number of nitrogens with one attached hydrogen (secondary N) is 1. The van der Waals surface area contributed by atoms with Gasteiger partial charge in [-0.2, -0.15) is 0 Å². The summed E-state index contributed by atoms with van der Waals surface area (Å²) in [4.78, 5) is 19.1. The van der Waals surface area contributed by atoms with Crippen LogP contribution in [0.2, 0.25) is 5.02 Å². The maximum atomic E-state index is 12.4. The van der Waals surface area contributed by atoms with Crippen molar-refractivity contribution in [1.29, 1.82) is 0 Å². The van der Waals surface area contributed by atoms with E-state index in [9.17, 15) is 4.79 Å². The van der Waals surface area contributed by atoms with Crippen molar-refractivity contribution in [2.45, 2.75) is 25.8 Å². The Labute approximate surface area is 174 Å². The van der Waals surface area contributed by atoms with Crippen LogP contribution in [0.4, 0.5) is 0 Å². The normalized spacial score (nSPS) is 15.5. The predicted molar refractivity (Wildman–Crippen MR) is 112 cm³/mol. The van der Waals surface area contributed by atoms with Crippen LogP contribution in [0.1, 0.15) is 30.4 Å². The molecule has 152 valence electrons. The van der Waals surface area contributed by atoms with Crippen LogP contribution in [0.3, 0.4) is 0 Å². The number of aromatic nitrogens is 1. The third-order valence-corrected chi connectivity index (χ3v) is 5.53. The molecule has 3 heterocycles. The Morgan fingerprint density at radius 1 is 1.28 bits per heavy atom. The molecular formula is C22H24ClN3O3. The van der Waals surface area contributed by atoms with E-state index in [1.807, 2.05) is 31.2 Å². The molecule has 0 spiro atoms. The van der Waals surface area contributed by atoms with E-state index in [-0.39, 0.29) is 18.6 Å². The molecule has 0 aliphatic carbocycles. The van der Waals surface area contributed by atoms with E-state index in [1.165, 1.54) is 12.8 Å². The van der Waals surface area contributed by atoms with Gasteiger partial charge < -0.3 is 14.5 Å². The average molecular weight is 414 g/mol. The number of nitrogens with zero attached hydrogens (tertiary/aromatic N) is 2. The van der Waals surface area contributed by atoms with Gasteiger partial charge in [0.15, 0.2) is 6.61 Å². The van der Waals surface area contributed by atoms with Crippen molar-refractivity contribution >= 4 is 28.4 Å². The highest BCUT2D eigenvalue weighted by Gasteiger charge is 2.26. The molecule has 3 aromatic rings. The van der Waals surface area contributed by atoms with Crippen molar-refractivity contribution < 1.29 is 13.9 Å². The van der Waals surface area contributed by atoms with Crippen LogP contribution in [0.15, 0.2) is 47.0 Å². The van der Waals surface area contributed by atoms with Gasteiger partial charge in [0, 0.05) is 18.1 Å². The summed E-state index contributed by atoms with van der Waals surface area (Å²) in [5.41, 5.74) is 0.647. The molecule has 0 bridgehead atoms. The minimum atomic E-state index is -0.184. The first-order valence-corrected chi connectivity index (χ1v) is 10.2. The number of likely N-dealkylation sites (tertiary alicyclic amines) is 1. The Balaban J connectivity index is 1.38. The largest absolute Gasteiger partial charge is 0.481 e. The predicted octanol–water partition coefficient (Wildman–Crippen LogP) is 4.12. The lowest BCUT2D eigenvalue weighted by atomic mass is 10.2. The highest BCUT2D eigenvalue weighted by atomic mass is 35.5. The maximum Gasteiger partial charge on any atom is 0.258 e. The first kappa shape index (κ1) is 19.7. The summed E-state index contributed by atoms with van der Waals surface area (Å²) >= 11 is 6.21. The summed E-state index contributed by atoms with van der Waals surface area (Å²) in [7, 11) is 0. The number of fused-ring (bicyclic) bond motifs is 1. The standard InChI is InChI=1S/C22H24ClN3O3/c1-15-6-8-19(29-15)18(26-11-2-3-12-26)13-25-21(27)14-28-20-9-7-17(23)16-5-4-10-24-22(16)20/h4-10,18H,2-3,11-14H2,1H3,(H,25,27)/t18-/m1/s1. The third-order valence-electron chi connectivity index (χ3n) is 5.20. The van der Waals surface area contributed by atoms with E-state index in [1.54, 1.807) is 18.3 Å². The molecule has 1 fully saturated rings. The second-order valence-corrected chi connectivity index (χ2v) is 7.65. The molecule has 0 radical (unpaired) electrons. The van der Waals surface area contributed by atoms with Gasteiger partial charge >= 0.3 is 0 Å². The lowest BCUT2D eigenvalue weighted by Gasteiger charge is -2.26. The molecule has 1 amide bonds. The molecule has 1 atom stereocenters. The number of carbonyl (C=O) groups is 1. The SMILES string of the molecule is Cc1ccc([C@@H](CNC(=O)COc2ccc(Cl)c3cccnc23)N2CCCC2)o1. The number of halogens is 1. The quantitative estimate of drug-likeness (QED) is 0.631. The molecule has 1 aromatic carbocycles. The van der Waals surface area contributed by atoms with Crippen LogP contribution in [-0.2, 0) is 4.79 Å². The fourth-order valence-electron chi connectivity index (χ4n) is 3.73. The minimum absolute atomic E-state index is 0.0354. The molecular weight excluding hydrogens is 390 g/mol. The van der Waals surface area contributed by atoms with E-state index in [0.29, 0.717) is 22.8 Å². The van der Waals surface area contributed by atoms with Crippen molar-refractivity contribution in [1.82, 2.24) is 15.2 Å². The second kappa shape index (κ2) is 8.84. The number of amides is 1. The number of ether oxygens (including phenoxy) is 1. The lowest BCUT2D eigenvalue weighted by molar-refractivity contribution is -0.123. The van der Waals surface area contributed by atoms with Gasteiger partial charge in [0.2, 0.25) is 0 Å². The number of aryl methyl sites for hydroxylation is 1. The second-order valence-electron chi connectivity index (χ2n) is 7.25. The number of pyridine rings is 1. The first-order valence-electron chi connectivity index (χ1n) is 9.85. The van der Waals surface area contributed by atoms with Gasteiger partial charge in [0.1, 0.15) is 22.8 Å². The summed E-state index contributed by atoms with van der Waals surface area (Å²) < 4.78 is 11.6. The smallest absolute Gasteiger partial charge is 0.258 e. The number of furan rings is 1. The summed E-state index contributed by atoms with van der Waals surface area (Å²) in [6.07, 6.45) is 4.02. The minimum Gasteiger partial charge on any atom is -0.481 e. The molecule has 0 saturated carbocycles. The first-order chi connectivity index (χ1) is 14.1. The fourth-order valence-corrected chi connectivity index (χ4v) is 3.94. The highest BCUT2D eigenvalue weighted by molar-refractivity contribution is 6.35. The fraction of sp³-hybridized carbons (Fsp3) is 0.364. The summed E-state index contributed by atoms with van der Waals surface area (Å²) in [6, 6.07) is 11.2. The van der Waals surface area contributed by atoms with E-state index in [0.717, 1.165) is 30.0 Å². The number of hydrogen-bond donors (Lipinski definition) is 1. The number of carbonyl (C=O) groups excluding carboxylic acids is 1. The van der Waals surface area contributed by atoms with Gasteiger partial charge in [-0.3, -0.25) is 14.7 Å². The Morgan fingerprint density at radius 3 is 2.86 bits per heavy atom. The van der Waals surface area contributed by atoms with Crippen LogP contribution in [0, 0.1) is 6.92 Å². The van der Waals surface area contributed by atoms with Crippen LogP contribution < -0.4 is 10.1 Å². The topological polar surface area (TPSA) is 67.6 Å². The van der Waals surface area contributed by atoms with Crippen LogP contribution in [0.25, 0.3) is 10.9 Å². The molecule has 29 heavy (non-hydrogen) atoms. The van der Waals surface area contributed by atoms with E-state index in [2.05, 4.69) is 15.2 Å². The van der Waals surface area contributed by atoms with Crippen molar-refractivity contribution in [3.63, 3.8) is 0 Å². The zero-order valence-corrected chi connectivity index (χ0v) is 17.1. The third kappa shape index (κ3) is 4.54. The van der Waals surface area contributed by atoms with E-state index < -0.39 is 0 Å². The summed E-state index contributed by atoms with van der Waals surface area (Å²) in [6.45, 7) is 4.35. The molecule has 4 rings (SSSR count). The molecule has 1 N–H and O–H groups in total. The number of hydrogen-bond acceptors (Lipinski definition) is 5. The van der Waals surface area contributed by atoms with Crippen molar-refractivity contribution in [2.75, 3.05) is 26.2 Å². The van der Waals surface area contributed by atoms with Gasteiger partial charge in [-0.15, -0.1) is 0 Å². The Kier molecular flexibility index (Phi) is 6.02. The van der Waals surface area contributed by atoms with Gasteiger partial charge in [0.25, 0.3) is 5.91 Å². The Morgan fingerprint density at radius 2 is 2.10 bits per heavy atom. The van der Waals surface area contributed by atoms with Crippen LogP contribution >= 0.6 is 11.6 Å². The van der Waals surface area contributed by atoms with Crippen molar-refractivity contribution in [3.8, 4) is 5.75 Å². The number of benzene rings is 1. The zero-order chi connectivity index (χ0) is 20.2. The van der Waals surface area contributed by atoms with Crippen molar-refractivity contribution in [3.05, 3.63) is 59.1 Å². The Bertz CT molecular complexity index is 998. The maximum absolute atomic E-state index is 12.4. The zero-order valence-electron chi connectivity index (χ0n) is 16.4. The van der Waals surface area contributed by atoms with Crippen LogP contribution in [-0.4, -0.2) is 42.0 Å². The van der Waals surface area contributed by atoms with Gasteiger partial charge in [-0.25, -0.2) is 0 Å². The Hall–Kier alpha value is -2.57. The average Bonchev–Trinajstić information content (AvgIpc) is 3.40. The molecule has 6 nitrogen and oxygen atoms in total. The van der Waals surface area contributed by atoms with Gasteiger partial charge in [0.05, 0.1) is 11.1 Å². The monoisotopic (exact) mass is 413 g/mol. The molecule has 1 aliphatic heterocycles.